The summed E-state index contributed by atoms with van der Waals surface area (Å²) in [7, 11) is 0. The zero-order valence-corrected chi connectivity index (χ0v) is 17.5. The normalized spacial score (nSPS) is 15.5. The lowest BCUT2D eigenvalue weighted by Crippen LogP contribution is -2.45. The average molecular weight is 414 g/mol. The van der Waals surface area contributed by atoms with Crippen molar-refractivity contribution < 1.29 is 9.59 Å². The Morgan fingerprint density at radius 1 is 0.871 bits per heavy atom. The number of fused-ring (bicyclic) bond motifs is 1. The van der Waals surface area contributed by atoms with E-state index in [-0.39, 0.29) is 24.9 Å². The van der Waals surface area contributed by atoms with Crippen molar-refractivity contribution in [2.24, 2.45) is 5.73 Å². The number of carbonyl (C=O) groups excluding carboxylic acids is 2. The number of nitrogens with two attached hydrogens (primary N) is 1. The molecular weight excluding hydrogens is 386 g/mol. The Kier molecular flexibility index (Phi) is 6.43. The maximum Gasteiger partial charge on any atom is 0.237 e. The first-order chi connectivity index (χ1) is 15.1. The first-order valence-corrected chi connectivity index (χ1v) is 10.6. The van der Waals surface area contributed by atoms with Gasteiger partial charge in [-0.3, -0.25) is 14.5 Å². The third kappa shape index (κ3) is 5.19. The highest BCUT2D eigenvalue weighted by Crippen LogP contribution is 2.33. The van der Waals surface area contributed by atoms with Crippen LogP contribution in [0.5, 0.6) is 0 Å². The lowest BCUT2D eigenvalue weighted by molar-refractivity contribution is -0.134. The molecule has 1 atom stereocenters. The highest BCUT2D eigenvalue weighted by Gasteiger charge is 2.29. The first kappa shape index (κ1) is 20.8. The number of hydrogen-bond acceptors (Lipinski definition) is 3. The van der Waals surface area contributed by atoms with E-state index in [1.807, 2.05) is 64.4 Å². The molecule has 0 bridgehead atoms. The fourth-order valence-corrected chi connectivity index (χ4v) is 4.29. The summed E-state index contributed by atoms with van der Waals surface area (Å²) in [5.74, 6) is -0.295. The third-order valence-electron chi connectivity index (χ3n) is 5.74. The number of carbonyl (C=O) groups is 2. The average Bonchev–Trinajstić information content (AvgIpc) is 2.79. The predicted octanol–water partition coefficient (Wildman–Crippen LogP) is 3.15. The topological polar surface area (TPSA) is 66.6 Å². The Hall–Kier alpha value is -3.44. The summed E-state index contributed by atoms with van der Waals surface area (Å²) in [6, 6.07) is 28.5. The first-order valence-electron chi connectivity index (χ1n) is 10.6. The fraction of sp³-hybridized carbons (Fsp3) is 0.231. The van der Waals surface area contributed by atoms with Crippen LogP contribution in [0.25, 0.3) is 0 Å². The molecule has 5 heteroatoms. The van der Waals surface area contributed by atoms with Gasteiger partial charge in [-0.2, -0.15) is 0 Å². The highest BCUT2D eigenvalue weighted by molar-refractivity contribution is 5.81. The van der Waals surface area contributed by atoms with Crippen molar-refractivity contribution in [3.63, 3.8) is 0 Å². The molecule has 3 aromatic carbocycles. The predicted molar refractivity (Wildman–Crippen MR) is 121 cm³/mol. The van der Waals surface area contributed by atoms with E-state index >= 15 is 0 Å². The minimum atomic E-state index is -0.435. The summed E-state index contributed by atoms with van der Waals surface area (Å²) in [5.41, 5.74) is 10.1. The van der Waals surface area contributed by atoms with Crippen LogP contribution in [0, 0.1) is 0 Å². The summed E-state index contributed by atoms with van der Waals surface area (Å²) in [4.78, 5) is 28.6. The molecule has 2 N–H and O–H groups in total. The molecule has 31 heavy (non-hydrogen) atoms. The fourth-order valence-electron chi connectivity index (χ4n) is 4.29. The van der Waals surface area contributed by atoms with E-state index in [1.54, 1.807) is 0 Å². The van der Waals surface area contributed by atoms with E-state index < -0.39 is 5.91 Å². The molecular formula is C26H27N3O2. The van der Waals surface area contributed by atoms with Crippen LogP contribution in [0.2, 0.25) is 0 Å². The van der Waals surface area contributed by atoms with Crippen molar-refractivity contribution >= 4 is 11.8 Å². The van der Waals surface area contributed by atoms with Gasteiger partial charge >= 0.3 is 0 Å². The number of hydrogen-bond donors (Lipinski definition) is 1. The second-order valence-electron chi connectivity index (χ2n) is 8.03. The summed E-state index contributed by atoms with van der Waals surface area (Å²) in [6.07, 6.45) is 0. The molecule has 0 radical (unpaired) electrons. The Bertz CT molecular complexity index is 1040. The summed E-state index contributed by atoms with van der Waals surface area (Å²) >= 11 is 0. The van der Waals surface area contributed by atoms with Crippen LogP contribution >= 0.6 is 0 Å². The van der Waals surface area contributed by atoms with E-state index in [1.165, 1.54) is 16.7 Å². The molecule has 3 aromatic rings. The summed E-state index contributed by atoms with van der Waals surface area (Å²) < 4.78 is 0. The van der Waals surface area contributed by atoms with Crippen molar-refractivity contribution in [2.45, 2.75) is 19.0 Å². The minimum Gasteiger partial charge on any atom is -0.369 e. The second-order valence-corrected chi connectivity index (χ2v) is 8.03. The van der Waals surface area contributed by atoms with Gasteiger partial charge in [0.2, 0.25) is 11.8 Å². The van der Waals surface area contributed by atoms with E-state index in [4.69, 9.17) is 5.73 Å². The highest BCUT2D eigenvalue weighted by atomic mass is 16.2. The van der Waals surface area contributed by atoms with E-state index in [0.29, 0.717) is 19.6 Å². The smallest absolute Gasteiger partial charge is 0.237 e. The lowest BCUT2D eigenvalue weighted by Gasteiger charge is -2.36. The lowest BCUT2D eigenvalue weighted by atomic mass is 9.84. The molecule has 0 fully saturated rings. The van der Waals surface area contributed by atoms with Crippen molar-refractivity contribution in [3.8, 4) is 0 Å². The molecule has 0 spiro atoms. The quantitative estimate of drug-likeness (QED) is 0.647. The van der Waals surface area contributed by atoms with Gasteiger partial charge in [0.25, 0.3) is 0 Å². The Morgan fingerprint density at radius 3 is 2.23 bits per heavy atom. The van der Waals surface area contributed by atoms with Gasteiger partial charge in [0.1, 0.15) is 0 Å². The van der Waals surface area contributed by atoms with E-state index in [9.17, 15) is 9.59 Å². The largest absolute Gasteiger partial charge is 0.369 e. The van der Waals surface area contributed by atoms with Crippen LogP contribution in [0.4, 0.5) is 0 Å². The Balaban J connectivity index is 1.53. The second kappa shape index (κ2) is 9.58. The molecule has 158 valence electrons. The van der Waals surface area contributed by atoms with Crippen LogP contribution in [-0.2, 0) is 22.7 Å². The third-order valence-corrected chi connectivity index (χ3v) is 5.74. The molecule has 4 rings (SSSR count). The van der Waals surface area contributed by atoms with Crippen molar-refractivity contribution in [1.29, 1.82) is 0 Å². The van der Waals surface area contributed by atoms with Crippen LogP contribution in [0.3, 0.4) is 0 Å². The molecule has 1 unspecified atom stereocenters. The van der Waals surface area contributed by atoms with Gasteiger partial charge in [0.05, 0.1) is 13.1 Å². The van der Waals surface area contributed by atoms with E-state index in [2.05, 4.69) is 30.3 Å². The Labute approximate surface area is 183 Å². The number of amides is 2. The number of nitrogens with zero attached hydrogens (tertiary/aromatic N) is 2. The SMILES string of the molecule is NC(=O)CN(CC(=O)N1Cc2ccccc2C(c2ccccc2)C1)Cc1ccccc1. The van der Waals surface area contributed by atoms with Crippen LogP contribution < -0.4 is 5.73 Å². The molecule has 1 heterocycles. The standard InChI is InChI=1S/C26H27N3O2/c27-25(30)18-28(15-20-9-3-1-4-10-20)19-26(31)29-16-22-13-7-8-14-23(22)24(17-29)21-11-5-2-6-12-21/h1-14,24H,15-19H2,(H2,27,30). The molecule has 1 aliphatic rings. The van der Waals surface area contributed by atoms with Gasteiger partial charge in [0, 0.05) is 25.6 Å². The number of primary amides is 1. The zero-order chi connectivity index (χ0) is 21.6. The van der Waals surface area contributed by atoms with Crippen LogP contribution in [-0.4, -0.2) is 41.2 Å². The van der Waals surface area contributed by atoms with Crippen molar-refractivity contribution in [1.82, 2.24) is 9.80 Å². The van der Waals surface area contributed by atoms with Gasteiger partial charge in [-0.15, -0.1) is 0 Å². The van der Waals surface area contributed by atoms with Crippen molar-refractivity contribution in [2.75, 3.05) is 19.6 Å². The van der Waals surface area contributed by atoms with Gasteiger partial charge in [-0.25, -0.2) is 0 Å². The molecule has 0 saturated heterocycles. The number of rotatable bonds is 7. The van der Waals surface area contributed by atoms with Gasteiger partial charge in [-0.05, 0) is 22.3 Å². The monoisotopic (exact) mass is 413 g/mol. The van der Waals surface area contributed by atoms with Gasteiger partial charge in [-0.1, -0.05) is 84.9 Å². The zero-order valence-electron chi connectivity index (χ0n) is 17.5. The molecule has 1 aliphatic heterocycles. The molecule has 0 aliphatic carbocycles. The van der Waals surface area contributed by atoms with Crippen molar-refractivity contribution in [3.05, 3.63) is 107 Å². The Morgan fingerprint density at radius 2 is 1.52 bits per heavy atom. The summed E-state index contributed by atoms with van der Waals surface area (Å²) in [6.45, 7) is 1.90. The maximum absolute atomic E-state index is 13.3. The molecule has 0 aromatic heterocycles. The summed E-state index contributed by atoms with van der Waals surface area (Å²) in [5, 5.41) is 0. The molecule has 5 nitrogen and oxygen atoms in total. The molecule has 0 saturated carbocycles. The van der Waals surface area contributed by atoms with Crippen LogP contribution in [0.15, 0.2) is 84.9 Å². The van der Waals surface area contributed by atoms with E-state index in [0.717, 1.165) is 5.56 Å². The van der Waals surface area contributed by atoms with Gasteiger partial charge < -0.3 is 10.6 Å². The van der Waals surface area contributed by atoms with Crippen LogP contribution in [0.1, 0.15) is 28.2 Å². The number of benzene rings is 3. The molecule has 2 amide bonds. The minimum absolute atomic E-state index is 0.00705. The maximum atomic E-state index is 13.3. The van der Waals surface area contributed by atoms with Gasteiger partial charge in [0.15, 0.2) is 0 Å².